The smallest absolute Gasteiger partial charge is 0.356 e. The molecule has 0 saturated carbocycles. The van der Waals surface area contributed by atoms with Gasteiger partial charge in [-0.25, -0.2) is 9.78 Å². The Bertz CT molecular complexity index is 1750. The molecule has 5 aromatic rings. The number of ether oxygens (including phenoxy) is 1. The van der Waals surface area contributed by atoms with E-state index in [2.05, 4.69) is 58.7 Å². The number of aromatic amines is 1. The molecule has 5 rings (SSSR count). The Balaban J connectivity index is 1.26. The minimum atomic E-state index is -0.396. The SMILES string of the molecule is CCCCN(Cc1ccccc1)C(=O)CCCOC(=O)c1c(CC)nc(CCC)n1Cc1ccc(-c2ccccc2-c2nn[nH]n2)cc1. The number of carbonyl (C=O) groups is 2. The highest BCUT2D eigenvalue weighted by atomic mass is 16.5. The number of imidazole rings is 1. The van der Waals surface area contributed by atoms with Gasteiger partial charge in [-0.2, -0.15) is 5.21 Å². The molecule has 0 aliphatic carbocycles. The van der Waals surface area contributed by atoms with E-state index in [1.165, 1.54) is 0 Å². The van der Waals surface area contributed by atoms with Crippen LogP contribution >= 0.6 is 0 Å². The summed E-state index contributed by atoms with van der Waals surface area (Å²) >= 11 is 0. The molecule has 0 spiro atoms. The predicted molar refractivity (Wildman–Crippen MR) is 186 cm³/mol. The Labute approximate surface area is 282 Å². The number of carbonyl (C=O) groups excluding carboxylic acids is 2. The van der Waals surface area contributed by atoms with Gasteiger partial charge in [-0.3, -0.25) is 4.79 Å². The summed E-state index contributed by atoms with van der Waals surface area (Å²) < 4.78 is 7.81. The number of rotatable bonds is 17. The highest BCUT2D eigenvalue weighted by molar-refractivity contribution is 5.89. The van der Waals surface area contributed by atoms with Gasteiger partial charge in [0.1, 0.15) is 5.82 Å². The number of aromatic nitrogens is 6. The van der Waals surface area contributed by atoms with E-state index >= 15 is 0 Å². The summed E-state index contributed by atoms with van der Waals surface area (Å²) in [6, 6.07) is 26.3. The van der Waals surface area contributed by atoms with E-state index in [-0.39, 0.29) is 12.5 Å². The van der Waals surface area contributed by atoms with E-state index in [1.807, 2.05) is 71.0 Å². The van der Waals surface area contributed by atoms with Gasteiger partial charge in [0.25, 0.3) is 0 Å². The molecule has 10 heteroatoms. The number of nitrogens with one attached hydrogen (secondary N) is 1. The van der Waals surface area contributed by atoms with Crippen molar-refractivity contribution in [2.45, 2.75) is 78.8 Å². The van der Waals surface area contributed by atoms with Gasteiger partial charge in [0.05, 0.1) is 12.3 Å². The minimum absolute atomic E-state index is 0.0798. The number of esters is 1. The van der Waals surface area contributed by atoms with Crippen molar-refractivity contribution < 1.29 is 14.3 Å². The third-order valence-electron chi connectivity index (χ3n) is 8.36. The van der Waals surface area contributed by atoms with Gasteiger partial charge in [0, 0.05) is 38.0 Å². The van der Waals surface area contributed by atoms with Gasteiger partial charge in [-0.05, 0) is 53.2 Å². The third-order valence-corrected chi connectivity index (χ3v) is 8.36. The molecule has 0 aliphatic heterocycles. The fraction of sp³-hybridized carbons (Fsp3) is 0.368. The lowest BCUT2D eigenvalue weighted by atomic mass is 9.98. The standard InChI is InChI=1S/C38H45N7O3/c1-4-7-24-44(26-28-15-9-8-10-16-28)35(46)19-13-25-48-38(47)36-33(6-3)39-34(14-5-2)45(36)27-29-20-22-30(23-21-29)31-17-11-12-18-32(31)37-40-42-43-41-37/h8-12,15-18,20-23H,4-7,13-14,19,24-27H2,1-3H3,(H,40,41,42,43). The lowest BCUT2D eigenvalue weighted by molar-refractivity contribution is -0.132. The highest BCUT2D eigenvalue weighted by Crippen LogP contribution is 2.30. The van der Waals surface area contributed by atoms with Crippen molar-refractivity contribution in [3.05, 3.63) is 107 Å². The van der Waals surface area contributed by atoms with Crippen molar-refractivity contribution in [1.29, 1.82) is 0 Å². The van der Waals surface area contributed by atoms with E-state index in [9.17, 15) is 9.59 Å². The van der Waals surface area contributed by atoms with Crippen molar-refractivity contribution in [3.63, 3.8) is 0 Å². The van der Waals surface area contributed by atoms with Gasteiger partial charge in [-0.1, -0.05) is 106 Å². The lowest BCUT2D eigenvalue weighted by Crippen LogP contribution is -2.31. The Kier molecular flexibility index (Phi) is 12.2. The first-order valence-electron chi connectivity index (χ1n) is 17.0. The zero-order valence-corrected chi connectivity index (χ0v) is 28.2. The fourth-order valence-corrected chi connectivity index (χ4v) is 5.85. The molecule has 3 aromatic carbocycles. The summed E-state index contributed by atoms with van der Waals surface area (Å²) in [4.78, 5) is 33.5. The average molecular weight is 648 g/mol. The number of aryl methyl sites for hydroxylation is 2. The number of amides is 1. The van der Waals surface area contributed by atoms with Crippen molar-refractivity contribution >= 4 is 11.9 Å². The van der Waals surface area contributed by atoms with Crippen LogP contribution in [-0.2, 0) is 35.5 Å². The minimum Gasteiger partial charge on any atom is -0.461 e. The zero-order chi connectivity index (χ0) is 33.7. The summed E-state index contributed by atoms with van der Waals surface area (Å²) in [7, 11) is 0. The number of unbranched alkanes of at least 4 members (excludes halogenated alkanes) is 1. The van der Waals surface area contributed by atoms with Crippen molar-refractivity contribution in [3.8, 4) is 22.5 Å². The predicted octanol–water partition coefficient (Wildman–Crippen LogP) is 7.06. The lowest BCUT2D eigenvalue weighted by Gasteiger charge is -2.23. The molecule has 0 atom stereocenters. The normalized spacial score (nSPS) is 11.1. The summed E-state index contributed by atoms with van der Waals surface area (Å²) in [6.45, 7) is 8.21. The molecule has 0 aliphatic rings. The number of H-pyrrole nitrogens is 1. The largest absolute Gasteiger partial charge is 0.461 e. The quantitative estimate of drug-likeness (QED) is 0.0848. The van der Waals surface area contributed by atoms with Crippen LogP contribution in [0.15, 0.2) is 78.9 Å². The Morgan fingerprint density at radius 3 is 2.29 bits per heavy atom. The average Bonchev–Trinajstić information content (AvgIpc) is 3.78. The Morgan fingerprint density at radius 1 is 0.854 bits per heavy atom. The van der Waals surface area contributed by atoms with Crippen LogP contribution in [0.25, 0.3) is 22.5 Å². The van der Waals surface area contributed by atoms with Crippen LogP contribution < -0.4 is 0 Å². The summed E-state index contributed by atoms with van der Waals surface area (Å²) in [5.74, 6) is 1.09. The maximum Gasteiger partial charge on any atom is 0.356 e. The zero-order valence-electron chi connectivity index (χ0n) is 28.2. The molecular formula is C38H45N7O3. The molecule has 0 unspecified atom stereocenters. The van der Waals surface area contributed by atoms with Crippen molar-refractivity contribution in [2.75, 3.05) is 13.2 Å². The number of tetrazole rings is 1. The monoisotopic (exact) mass is 647 g/mol. The molecular weight excluding hydrogens is 602 g/mol. The number of nitrogens with zero attached hydrogens (tertiary/aromatic N) is 6. The number of hydrogen-bond donors (Lipinski definition) is 1. The second kappa shape index (κ2) is 17.2. The van der Waals surface area contributed by atoms with Gasteiger partial charge in [0.15, 0.2) is 5.69 Å². The highest BCUT2D eigenvalue weighted by Gasteiger charge is 2.24. The Morgan fingerprint density at radius 2 is 1.60 bits per heavy atom. The third kappa shape index (κ3) is 8.61. The fourth-order valence-electron chi connectivity index (χ4n) is 5.85. The number of hydrogen-bond acceptors (Lipinski definition) is 7. The van der Waals surface area contributed by atoms with Crippen LogP contribution in [0.4, 0.5) is 0 Å². The molecule has 10 nitrogen and oxygen atoms in total. The molecule has 250 valence electrons. The van der Waals surface area contributed by atoms with Gasteiger partial charge >= 0.3 is 5.97 Å². The molecule has 2 heterocycles. The van der Waals surface area contributed by atoms with Gasteiger partial charge in [0.2, 0.25) is 11.7 Å². The van der Waals surface area contributed by atoms with Crippen molar-refractivity contribution in [2.24, 2.45) is 0 Å². The second-order valence-electron chi connectivity index (χ2n) is 11.9. The maximum absolute atomic E-state index is 13.6. The molecule has 48 heavy (non-hydrogen) atoms. The van der Waals surface area contributed by atoms with Crippen LogP contribution in [0.1, 0.15) is 86.0 Å². The first kappa shape index (κ1) is 34.2. The van der Waals surface area contributed by atoms with Crippen molar-refractivity contribution in [1.82, 2.24) is 35.1 Å². The van der Waals surface area contributed by atoms with E-state index in [0.717, 1.165) is 71.6 Å². The first-order chi connectivity index (χ1) is 23.5. The van der Waals surface area contributed by atoms with Crippen LogP contribution in [0, 0.1) is 0 Å². The molecule has 0 saturated heterocycles. The Hall–Kier alpha value is -5.12. The van der Waals surface area contributed by atoms with E-state index in [0.29, 0.717) is 43.9 Å². The summed E-state index contributed by atoms with van der Waals surface area (Å²) in [5, 5.41) is 14.6. The molecule has 1 N–H and O–H groups in total. The van der Waals surface area contributed by atoms with Crippen LogP contribution in [0.5, 0.6) is 0 Å². The van der Waals surface area contributed by atoms with Crippen LogP contribution in [0.3, 0.4) is 0 Å². The van der Waals surface area contributed by atoms with Crippen LogP contribution in [-0.4, -0.2) is 60.1 Å². The van der Waals surface area contributed by atoms with E-state index < -0.39 is 5.97 Å². The van der Waals surface area contributed by atoms with Gasteiger partial charge < -0.3 is 14.2 Å². The number of benzene rings is 3. The first-order valence-corrected chi connectivity index (χ1v) is 17.0. The second-order valence-corrected chi connectivity index (χ2v) is 11.9. The van der Waals surface area contributed by atoms with Crippen LogP contribution in [0.2, 0.25) is 0 Å². The van der Waals surface area contributed by atoms with E-state index in [1.54, 1.807) is 0 Å². The topological polar surface area (TPSA) is 119 Å². The molecule has 2 aromatic heterocycles. The molecule has 1 amide bonds. The van der Waals surface area contributed by atoms with E-state index in [4.69, 9.17) is 9.72 Å². The summed E-state index contributed by atoms with van der Waals surface area (Å²) in [5.41, 5.74) is 6.30. The summed E-state index contributed by atoms with van der Waals surface area (Å²) in [6.07, 6.45) is 5.03. The molecule has 0 bridgehead atoms. The maximum atomic E-state index is 13.6. The van der Waals surface area contributed by atoms with Gasteiger partial charge in [-0.15, -0.1) is 10.2 Å². The molecule has 0 fully saturated rings. The molecule has 0 radical (unpaired) electrons.